The van der Waals surface area contributed by atoms with Crippen LogP contribution in [0.3, 0.4) is 0 Å². The molecule has 100 valence electrons. The molecule has 0 saturated carbocycles. The summed E-state index contributed by atoms with van der Waals surface area (Å²) in [5.41, 5.74) is 0.898. The lowest BCUT2D eigenvalue weighted by Crippen LogP contribution is -2.50. The number of hydrogen-bond acceptors (Lipinski definition) is 2. The Bertz CT molecular complexity index is 379. The first-order valence-electron chi connectivity index (χ1n) is 5.73. The van der Waals surface area contributed by atoms with Crippen molar-refractivity contribution in [1.29, 1.82) is 0 Å². The van der Waals surface area contributed by atoms with Gasteiger partial charge >= 0.3 is 6.03 Å². The van der Waals surface area contributed by atoms with Crippen LogP contribution < -0.4 is 10.6 Å². The number of amides is 2. The number of urea groups is 1. The number of benzene rings is 1. The van der Waals surface area contributed by atoms with Gasteiger partial charge in [-0.1, -0.05) is 12.1 Å². The van der Waals surface area contributed by atoms with Gasteiger partial charge in [-0.15, -0.1) is 12.4 Å². The van der Waals surface area contributed by atoms with Crippen LogP contribution in [0, 0.1) is 5.82 Å². The molecule has 0 aliphatic carbocycles. The first-order valence-corrected chi connectivity index (χ1v) is 5.73. The van der Waals surface area contributed by atoms with E-state index < -0.39 is 0 Å². The molecule has 1 fully saturated rings. The smallest absolute Gasteiger partial charge is 0.317 e. The van der Waals surface area contributed by atoms with Crippen LogP contribution in [0.15, 0.2) is 24.3 Å². The molecule has 1 aromatic rings. The molecule has 0 spiro atoms. The topological polar surface area (TPSA) is 44.4 Å². The molecule has 1 heterocycles. The Morgan fingerprint density at radius 3 is 2.50 bits per heavy atom. The van der Waals surface area contributed by atoms with Crippen LogP contribution in [-0.2, 0) is 6.54 Å². The minimum Gasteiger partial charge on any atom is -0.334 e. The predicted octanol–water partition coefficient (Wildman–Crippen LogP) is 1.36. The van der Waals surface area contributed by atoms with Crippen molar-refractivity contribution in [1.82, 2.24) is 15.5 Å². The van der Waals surface area contributed by atoms with Crippen LogP contribution in [0.4, 0.5) is 9.18 Å². The molecular formula is C12H17ClFN3O. The van der Waals surface area contributed by atoms with Gasteiger partial charge in [-0.3, -0.25) is 0 Å². The van der Waals surface area contributed by atoms with Crippen molar-refractivity contribution in [3.8, 4) is 0 Å². The zero-order valence-corrected chi connectivity index (χ0v) is 10.8. The lowest BCUT2D eigenvalue weighted by Gasteiger charge is -2.27. The Hall–Kier alpha value is -1.33. The van der Waals surface area contributed by atoms with Crippen LogP contribution >= 0.6 is 12.4 Å². The third-order valence-corrected chi connectivity index (χ3v) is 2.76. The second-order valence-electron chi connectivity index (χ2n) is 4.02. The van der Waals surface area contributed by atoms with Crippen molar-refractivity contribution in [2.45, 2.75) is 6.54 Å². The minimum absolute atomic E-state index is 0. The fraction of sp³-hybridized carbons (Fsp3) is 0.417. The summed E-state index contributed by atoms with van der Waals surface area (Å²) in [7, 11) is 0. The number of carbonyl (C=O) groups is 1. The molecule has 6 heteroatoms. The summed E-state index contributed by atoms with van der Waals surface area (Å²) in [6.45, 7) is 3.57. The fourth-order valence-electron chi connectivity index (χ4n) is 1.76. The molecular weight excluding hydrogens is 257 g/mol. The molecule has 0 atom stereocenters. The van der Waals surface area contributed by atoms with Gasteiger partial charge in [-0.25, -0.2) is 9.18 Å². The molecule has 2 N–H and O–H groups in total. The SMILES string of the molecule is Cl.O=C(NCc1ccc(F)cc1)N1CCNCC1. The van der Waals surface area contributed by atoms with E-state index in [-0.39, 0.29) is 24.3 Å². The lowest BCUT2D eigenvalue weighted by molar-refractivity contribution is 0.190. The zero-order valence-electron chi connectivity index (χ0n) is 9.99. The summed E-state index contributed by atoms with van der Waals surface area (Å²) in [5, 5.41) is 6.01. The van der Waals surface area contributed by atoms with Crippen LogP contribution in [0.1, 0.15) is 5.56 Å². The number of rotatable bonds is 2. The summed E-state index contributed by atoms with van der Waals surface area (Å²) in [5.74, 6) is -0.262. The Labute approximate surface area is 112 Å². The summed E-state index contributed by atoms with van der Waals surface area (Å²) in [4.78, 5) is 13.5. The fourth-order valence-corrected chi connectivity index (χ4v) is 1.76. The predicted molar refractivity (Wildman–Crippen MR) is 70.3 cm³/mol. The van der Waals surface area contributed by atoms with Crippen LogP contribution in [0.2, 0.25) is 0 Å². The molecule has 2 amide bonds. The Morgan fingerprint density at radius 2 is 1.89 bits per heavy atom. The number of halogens is 2. The molecule has 2 rings (SSSR count). The quantitative estimate of drug-likeness (QED) is 0.855. The summed E-state index contributed by atoms with van der Waals surface area (Å²) in [6.07, 6.45) is 0. The van der Waals surface area contributed by atoms with E-state index >= 15 is 0 Å². The third-order valence-electron chi connectivity index (χ3n) is 2.76. The molecule has 4 nitrogen and oxygen atoms in total. The zero-order chi connectivity index (χ0) is 12.1. The Kier molecular flexibility index (Phi) is 5.88. The van der Waals surface area contributed by atoms with Crippen molar-refractivity contribution in [3.05, 3.63) is 35.6 Å². The normalized spacial score (nSPS) is 14.8. The number of nitrogens with one attached hydrogen (secondary N) is 2. The lowest BCUT2D eigenvalue weighted by atomic mass is 10.2. The van der Waals surface area contributed by atoms with E-state index in [2.05, 4.69) is 10.6 Å². The van der Waals surface area contributed by atoms with Gasteiger partial charge in [-0.05, 0) is 17.7 Å². The van der Waals surface area contributed by atoms with Crippen molar-refractivity contribution < 1.29 is 9.18 Å². The molecule has 0 radical (unpaired) electrons. The van der Waals surface area contributed by atoms with Crippen molar-refractivity contribution in [3.63, 3.8) is 0 Å². The van der Waals surface area contributed by atoms with Crippen LogP contribution in [0.25, 0.3) is 0 Å². The minimum atomic E-state index is -0.262. The maximum atomic E-state index is 12.7. The Morgan fingerprint density at radius 1 is 1.28 bits per heavy atom. The van der Waals surface area contributed by atoms with E-state index in [9.17, 15) is 9.18 Å². The van der Waals surface area contributed by atoms with E-state index in [1.165, 1.54) is 12.1 Å². The molecule has 18 heavy (non-hydrogen) atoms. The summed E-state index contributed by atoms with van der Waals surface area (Å²) in [6, 6.07) is 6.08. The number of hydrogen-bond donors (Lipinski definition) is 2. The molecule has 1 saturated heterocycles. The second-order valence-corrected chi connectivity index (χ2v) is 4.02. The molecule has 0 aromatic heterocycles. The van der Waals surface area contributed by atoms with Crippen molar-refractivity contribution in [2.75, 3.05) is 26.2 Å². The Balaban J connectivity index is 0.00000162. The van der Waals surface area contributed by atoms with Gasteiger partial charge < -0.3 is 15.5 Å². The van der Waals surface area contributed by atoms with Crippen LogP contribution in [-0.4, -0.2) is 37.1 Å². The van der Waals surface area contributed by atoms with Gasteiger partial charge in [0.25, 0.3) is 0 Å². The first-order chi connectivity index (χ1) is 8.25. The third kappa shape index (κ3) is 4.16. The van der Waals surface area contributed by atoms with Gasteiger partial charge in [0.1, 0.15) is 5.82 Å². The highest BCUT2D eigenvalue weighted by Gasteiger charge is 2.15. The van der Waals surface area contributed by atoms with Crippen molar-refractivity contribution >= 4 is 18.4 Å². The van der Waals surface area contributed by atoms with Gasteiger partial charge in [-0.2, -0.15) is 0 Å². The van der Waals surface area contributed by atoms with E-state index in [0.29, 0.717) is 6.54 Å². The standard InChI is InChI=1S/C12H16FN3O.ClH/c13-11-3-1-10(2-4-11)9-15-12(17)16-7-5-14-6-8-16;/h1-4,14H,5-9H2,(H,15,17);1H. The van der Waals surface area contributed by atoms with E-state index in [1.807, 2.05) is 0 Å². The van der Waals surface area contributed by atoms with E-state index in [4.69, 9.17) is 0 Å². The highest BCUT2D eigenvalue weighted by Crippen LogP contribution is 2.02. The highest BCUT2D eigenvalue weighted by atomic mass is 35.5. The largest absolute Gasteiger partial charge is 0.334 e. The molecule has 1 aliphatic rings. The number of piperazine rings is 1. The average Bonchev–Trinajstić information content (AvgIpc) is 2.39. The average molecular weight is 274 g/mol. The maximum absolute atomic E-state index is 12.7. The van der Waals surface area contributed by atoms with Crippen LogP contribution in [0.5, 0.6) is 0 Å². The first kappa shape index (κ1) is 14.7. The summed E-state index contributed by atoms with van der Waals surface area (Å²) >= 11 is 0. The summed E-state index contributed by atoms with van der Waals surface area (Å²) < 4.78 is 12.7. The second kappa shape index (κ2) is 7.18. The monoisotopic (exact) mass is 273 g/mol. The molecule has 1 aromatic carbocycles. The molecule has 0 bridgehead atoms. The maximum Gasteiger partial charge on any atom is 0.317 e. The highest BCUT2D eigenvalue weighted by molar-refractivity contribution is 5.85. The van der Waals surface area contributed by atoms with Crippen molar-refractivity contribution in [2.24, 2.45) is 0 Å². The number of carbonyl (C=O) groups excluding carboxylic acids is 1. The number of nitrogens with zero attached hydrogens (tertiary/aromatic N) is 1. The van der Waals surface area contributed by atoms with Gasteiger partial charge in [0, 0.05) is 32.7 Å². The molecule has 1 aliphatic heterocycles. The van der Waals surface area contributed by atoms with E-state index in [0.717, 1.165) is 31.7 Å². The van der Waals surface area contributed by atoms with E-state index in [1.54, 1.807) is 17.0 Å². The van der Waals surface area contributed by atoms with Gasteiger partial charge in [0.2, 0.25) is 0 Å². The van der Waals surface area contributed by atoms with Gasteiger partial charge in [0.15, 0.2) is 0 Å². The molecule has 0 unspecified atom stereocenters. The van der Waals surface area contributed by atoms with Gasteiger partial charge in [0.05, 0.1) is 0 Å².